The number of esters is 1. The molecule has 0 spiro atoms. The van der Waals surface area contributed by atoms with Gasteiger partial charge >= 0.3 is 5.97 Å². The Bertz CT molecular complexity index is 1140. The first-order valence-electron chi connectivity index (χ1n) is 11.3. The average molecular weight is 439 g/mol. The quantitative estimate of drug-likeness (QED) is 0.569. The average Bonchev–Trinajstić information content (AvgIpc) is 3.34. The number of furan rings is 1. The zero-order chi connectivity index (χ0) is 22.8. The summed E-state index contributed by atoms with van der Waals surface area (Å²) >= 11 is 0. The lowest BCUT2D eigenvalue weighted by molar-refractivity contribution is -0.125. The Morgan fingerprint density at radius 1 is 1.22 bits per heavy atom. The summed E-state index contributed by atoms with van der Waals surface area (Å²) in [6.45, 7) is 7.43. The van der Waals surface area contributed by atoms with E-state index in [-0.39, 0.29) is 24.6 Å². The number of fused-ring (bicyclic) bond motifs is 1. The number of aryl methyl sites for hydroxylation is 2. The van der Waals surface area contributed by atoms with E-state index in [0.29, 0.717) is 22.3 Å². The molecule has 1 aliphatic carbocycles. The van der Waals surface area contributed by atoms with Gasteiger partial charge in [0.2, 0.25) is 0 Å². The lowest BCUT2D eigenvalue weighted by atomic mass is 9.95. The number of hydrogen-bond acceptors (Lipinski definition) is 6. The Kier molecular flexibility index (Phi) is 6.30. The van der Waals surface area contributed by atoms with Crippen molar-refractivity contribution < 1.29 is 18.7 Å². The molecular formula is C24H30N4O4. The first-order chi connectivity index (χ1) is 15.3. The van der Waals surface area contributed by atoms with Gasteiger partial charge in [-0.25, -0.2) is 14.5 Å². The predicted molar refractivity (Wildman–Crippen MR) is 120 cm³/mol. The van der Waals surface area contributed by atoms with Crippen LogP contribution in [-0.2, 0) is 9.53 Å². The molecule has 3 aromatic heterocycles. The molecule has 170 valence electrons. The molecule has 1 fully saturated rings. The predicted octanol–water partition coefficient (Wildman–Crippen LogP) is 4.49. The lowest BCUT2D eigenvalue weighted by Crippen LogP contribution is -2.38. The molecule has 1 amide bonds. The van der Waals surface area contributed by atoms with Crippen molar-refractivity contribution in [3.63, 3.8) is 0 Å². The van der Waals surface area contributed by atoms with E-state index in [1.54, 1.807) is 16.9 Å². The molecule has 0 saturated heterocycles. The summed E-state index contributed by atoms with van der Waals surface area (Å²) in [4.78, 5) is 30.1. The third-order valence-corrected chi connectivity index (χ3v) is 5.90. The maximum Gasteiger partial charge on any atom is 0.339 e. The van der Waals surface area contributed by atoms with Gasteiger partial charge in [0, 0.05) is 17.6 Å². The summed E-state index contributed by atoms with van der Waals surface area (Å²) in [5.74, 6) is 0.644. The Labute approximate surface area is 187 Å². The van der Waals surface area contributed by atoms with Gasteiger partial charge in [-0.1, -0.05) is 19.3 Å². The van der Waals surface area contributed by atoms with E-state index in [9.17, 15) is 9.59 Å². The van der Waals surface area contributed by atoms with Crippen molar-refractivity contribution in [3.8, 4) is 11.3 Å². The molecule has 1 N–H and O–H groups in total. The smallest absolute Gasteiger partial charge is 0.339 e. The summed E-state index contributed by atoms with van der Waals surface area (Å²) in [7, 11) is 0. The van der Waals surface area contributed by atoms with E-state index < -0.39 is 5.97 Å². The molecule has 0 bridgehead atoms. The van der Waals surface area contributed by atoms with Crippen LogP contribution in [0.15, 0.2) is 22.7 Å². The van der Waals surface area contributed by atoms with Crippen molar-refractivity contribution in [1.29, 1.82) is 0 Å². The van der Waals surface area contributed by atoms with Crippen LogP contribution in [0.25, 0.3) is 22.3 Å². The second-order valence-electron chi connectivity index (χ2n) is 8.78. The number of amides is 1. The summed E-state index contributed by atoms with van der Waals surface area (Å²) in [6.07, 6.45) is 7.03. The third kappa shape index (κ3) is 4.54. The molecule has 1 saturated carbocycles. The number of pyridine rings is 1. The lowest BCUT2D eigenvalue weighted by Gasteiger charge is -2.22. The van der Waals surface area contributed by atoms with E-state index in [2.05, 4.69) is 10.4 Å². The van der Waals surface area contributed by atoms with Gasteiger partial charge in [-0.3, -0.25) is 4.79 Å². The van der Waals surface area contributed by atoms with E-state index in [0.717, 1.165) is 42.8 Å². The number of carbonyl (C=O) groups excluding carboxylic acids is 2. The minimum Gasteiger partial charge on any atom is -0.466 e. The number of aromatic nitrogens is 3. The second-order valence-corrected chi connectivity index (χ2v) is 8.78. The molecule has 1 aliphatic rings. The maximum absolute atomic E-state index is 13.0. The minimum atomic E-state index is -0.571. The van der Waals surface area contributed by atoms with Crippen molar-refractivity contribution in [1.82, 2.24) is 20.1 Å². The highest BCUT2D eigenvalue weighted by atomic mass is 16.5. The number of nitrogens with zero attached hydrogens (tertiary/aromatic N) is 3. The SMILES string of the molecule is Cc1cc(-c2cc(C(=O)OCC(=O)NC3CCCCC3)c3cnn(C(C)C)c3n2)c(C)o1. The highest BCUT2D eigenvalue weighted by Gasteiger charge is 2.22. The topological polar surface area (TPSA) is 99.2 Å². The number of carbonyl (C=O) groups is 2. The van der Waals surface area contributed by atoms with Crippen LogP contribution < -0.4 is 5.32 Å². The van der Waals surface area contributed by atoms with E-state index in [4.69, 9.17) is 14.1 Å². The van der Waals surface area contributed by atoms with Crippen LogP contribution in [0.3, 0.4) is 0 Å². The summed E-state index contributed by atoms with van der Waals surface area (Å²) in [5, 5.41) is 7.98. The fraction of sp³-hybridized carbons (Fsp3) is 0.500. The fourth-order valence-corrected chi connectivity index (χ4v) is 4.31. The molecule has 3 aromatic rings. The van der Waals surface area contributed by atoms with Crippen LogP contribution in [-0.4, -0.2) is 39.3 Å². The van der Waals surface area contributed by atoms with Crippen LogP contribution in [0.1, 0.15) is 73.9 Å². The van der Waals surface area contributed by atoms with Crippen LogP contribution in [0.4, 0.5) is 0 Å². The molecule has 0 aromatic carbocycles. The van der Waals surface area contributed by atoms with Crippen molar-refractivity contribution in [2.75, 3.05) is 6.61 Å². The van der Waals surface area contributed by atoms with Crippen molar-refractivity contribution >= 4 is 22.9 Å². The van der Waals surface area contributed by atoms with Gasteiger partial charge in [-0.15, -0.1) is 0 Å². The number of rotatable bonds is 6. The largest absolute Gasteiger partial charge is 0.466 e. The van der Waals surface area contributed by atoms with Gasteiger partial charge in [0.1, 0.15) is 11.5 Å². The van der Waals surface area contributed by atoms with Crippen LogP contribution in [0, 0.1) is 13.8 Å². The third-order valence-electron chi connectivity index (χ3n) is 5.90. The molecule has 8 nitrogen and oxygen atoms in total. The number of nitrogens with one attached hydrogen (secondary N) is 1. The standard InChI is InChI=1S/C24H30N4O4/c1-14(2)28-23-20(12-25-28)19(11-21(27-23)18-10-15(3)32-16(18)4)24(30)31-13-22(29)26-17-8-6-5-7-9-17/h10-12,14,17H,5-9,13H2,1-4H3,(H,26,29). The number of hydrogen-bond donors (Lipinski definition) is 1. The molecule has 32 heavy (non-hydrogen) atoms. The number of ether oxygens (including phenoxy) is 1. The highest BCUT2D eigenvalue weighted by molar-refractivity contribution is 6.04. The molecule has 0 aliphatic heterocycles. The van der Waals surface area contributed by atoms with E-state index in [1.165, 1.54) is 6.42 Å². The minimum absolute atomic E-state index is 0.0626. The van der Waals surface area contributed by atoms with Crippen molar-refractivity contribution in [2.45, 2.75) is 71.9 Å². The van der Waals surface area contributed by atoms with E-state index in [1.807, 2.05) is 33.8 Å². The van der Waals surface area contributed by atoms with Gasteiger partial charge < -0.3 is 14.5 Å². The monoisotopic (exact) mass is 438 g/mol. The Hall–Kier alpha value is -3.16. The van der Waals surface area contributed by atoms with Gasteiger partial charge in [0.05, 0.1) is 22.8 Å². The Balaban J connectivity index is 1.61. The normalized spacial score (nSPS) is 14.8. The molecule has 8 heteroatoms. The van der Waals surface area contributed by atoms with Gasteiger partial charge in [0.25, 0.3) is 5.91 Å². The summed E-state index contributed by atoms with van der Waals surface area (Å²) < 4.78 is 12.8. The first-order valence-corrected chi connectivity index (χ1v) is 11.3. The van der Waals surface area contributed by atoms with Crippen LogP contribution >= 0.6 is 0 Å². The molecule has 0 atom stereocenters. The zero-order valence-electron chi connectivity index (χ0n) is 19.1. The van der Waals surface area contributed by atoms with Crippen LogP contribution in [0.5, 0.6) is 0 Å². The van der Waals surface area contributed by atoms with Gasteiger partial charge in [-0.05, 0) is 52.7 Å². The Morgan fingerprint density at radius 2 is 1.97 bits per heavy atom. The molecule has 3 heterocycles. The molecular weight excluding hydrogens is 408 g/mol. The highest BCUT2D eigenvalue weighted by Crippen LogP contribution is 2.30. The zero-order valence-corrected chi connectivity index (χ0v) is 19.1. The second kappa shape index (κ2) is 9.14. The van der Waals surface area contributed by atoms with Gasteiger partial charge in [-0.2, -0.15) is 5.10 Å². The van der Waals surface area contributed by atoms with Gasteiger partial charge in [0.15, 0.2) is 12.3 Å². The summed E-state index contributed by atoms with van der Waals surface area (Å²) in [6, 6.07) is 3.82. The summed E-state index contributed by atoms with van der Waals surface area (Å²) in [5.41, 5.74) is 2.34. The first kappa shape index (κ1) is 22.0. The molecule has 0 radical (unpaired) electrons. The van der Waals surface area contributed by atoms with Crippen molar-refractivity contribution in [3.05, 3.63) is 35.4 Å². The maximum atomic E-state index is 13.0. The van der Waals surface area contributed by atoms with E-state index >= 15 is 0 Å². The molecule has 0 unspecified atom stereocenters. The molecule has 4 rings (SSSR count). The van der Waals surface area contributed by atoms with Crippen LogP contribution in [0.2, 0.25) is 0 Å². The fourth-order valence-electron chi connectivity index (χ4n) is 4.31. The van der Waals surface area contributed by atoms with Crippen molar-refractivity contribution in [2.24, 2.45) is 0 Å². The Morgan fingerprint density at radius 3 is 2.62 bits per heavy atom.